The van der Waals surface area contributed by atoms with Gasteiger partial charge in [-0.1, -0.05) is 34.4 Å². The van der Waals surface area contributed by atoms with Crippen molar-refractivity contribution in [3.8, 4) is 5.75 Å². The van der Waals surface area contributed by atoms with Crippen molar-refractivity contribution in [1.29, 1.82) is 0 Å². The van der Waals surface area contributed by atoms with Crippen LogP contribution in [-0.2, 0) is 24.4 Å². The molecule has 0 aliphatic carbocycles. The highest BCUT2D eigenvalue weighted by Gasteiger charge is 2.27. The molecule has 0 radical (unpaired) electrons. The largest absolute Gasteiger partial charge is 0.488 e. The first-order valence-corrected chi connectivity index (χ1v) is 13.0. The summed E-state index contributed by atoms with van der Waals surface area (Å²) in [6.07, 6.45) is 3.34. The maximum absolute atomic E-state index is 12.3. The topological polar surface area (TPSA) is 85.0 Å². The molecule has 3 aromatic rings. The number of amides is 1. The van der Waals surface area contributed by atoms with Crippen LogP contribution in [-0.4, -0.2) is 39.9 Å². The molecular weight excluding hydrogens is 503 g/mol. The van der Waals surface area contributed by atoms with Gasteiger partial charge >= 0.3 is 6.09 Å². The number of aromatic nitrogens is 1. The molecule has 1 aliphatic rings. The number of rotatable bonds is 7. The SMILES string of the molecule is CC(C)(C)OC(=O)N1CCC(CCc2noc3c(CO)c(OCc4ccc(Cl)c(Cl)c4)ccc23)CC1. The highest BCUT2D eigenvalue weighted by molar-refractivity contribution is 6.42. The smallest absolute Gasteiger partial charge is 0.410 e. The van der Waals surface area contributed by atoms with Crippen LogP contribution in [0.25, 0.3) is 11.0 Å². The van der Waals surface area contributed by atoms with Gasteiger partial charge in [-0.25, -0.2) is 4.79 Å². The number of fused-ring (bicyclic) bond motifs is 1. The van der Waals surface area contributed by atoms with E-state index in [0.717, 1.165) is 42.3 Å². The molecule has 7 nitrogen and oxygen atoms in total. The van der Waals surface area contributed by atoms with Crippen molar-refractivity contribution in [3.05, 3.63) is 57.2 Å². The van der Waals surface area contributed by atoms with Crippen molar-refractivity contribution in [2.24, 2.45) is 5.92 Å². The Morgan fingerprint density at radius 2 is 1.92 bits per heavy atom. The Hall–Kier alpha value is -2.48. The van der Waals surface area contributed by atoms with E-state index in [4.69, 9.17) is 37.2 Å². The summed E-state index contributed by atoms with van der Waals surface area (Å²) in [7, 11) is 0. The first kappa shape index (κ1) is 26.6. The number of aliphatic hydroxyl groups excluding tert-OH is 1. The Bertz CT molecular complexity index is 1210. The molecule has 0 bridgehead atoms. The number of nitrogens with zero attached hydrogens (tertiary/aromatic N) is 2. The van der Waals surface area contributed by atoms with Crippen molar-refractivity contribution in [3.63, 3.8) is 0 Å². The van der Waals surface area contributed by atoms with Gasteiger partial charge in [0.1, 0.15) is 18.0 Å². The number of piperidine rings is 1. The molecule has 1 N–H and O–H groups in total. The van der Waals surface area contributed by atoms with Gasteiger partial charge in [0, 0.05) is 18.5 Å². The predicted molar refractivity (Wildman–Crippen MR) is 140 cm³/mol. The van der Waals surface area contributed by atoms with Crippen LogP contribution in [0.1, 0.15) is 56.9 Å². The quantitative estimate of drug-likeness (QED) is 0.359. The van der Waals surface area contributed by atoms with Gasteiger partial charge < -0.3 is 24.0 Å². The van der Waals surface area contributed by atoms with Crippen molar-refractivity contribution in [2.75, 3.05) is 13.1 Å². The van der Waals surface area contributed by atoms with Gasteiger partial charge in [-0.2, -0.15) is 0 Å². The molecule has 36 heavy (non-hydrogen) atoms. The lowest BCUT2D eigenvalue weighted by Crippen LogP contribution is -2.41. The number of aryl methyl sites for hydroxylation is 1. The molecule has 9 heteroatoms. The molecule has 0 saturated carbocycles. The van der Waals surface area contributed by atoms with Crippen LogP contribution in [0.5, 0.6) is 5.75 Å². The molecule has 0 unspecified atom stereocenters. The van der Waals surface area contributed by atoms with E-state index in [1.54, 1.807) is 17.0 Å². The molecular formula is C27H32Cl2N2O5. The van der Waals surface area contributed by atoms with Gasteiger partial charge in [-0.3, -0.25) is 0 Å². The lowest BCUT2D eigenvalue weighted by atomic mass is 9.91. The van der Waals surface area contributed by atoms with E-state index in [-0.39, 0.29) is 19.3 Å². The summed E-state index contributed by atoms with van der Waals surface area (Å²) in [5.74, 6) is 1.04. The number of carbonyl (C=O) groups excluding carboxylic acids is 1. The summed E-state index contributed by atoms with van der Waals surface area (Å²) in [6.45, 7) is 7.09. The molecule has 2 aromatic carbocycles. The van der Waals surface area contributed by atoms with Gasteiger partial charge in [0.25, 0.3) is 0 Å². The minimum absolute atomic E-state index is 0.230. The average Bonchev–Trinajstić information content (AvgIpc) is 3.25. The lowest BCUT2D eigenvalue weighted by Gasteiger charge is -2.33. The Kier molecular flexibility index (Phi) is 8.33. The molecule has 1 aliphatic heterocycles. The summed E-state index contributed by atoms with van der Waals surface area (Å²) in [5.41, 5.74) is 2.36. The van der Waals surface area contributed by atoms with Crippen LogP contribution in [0.4, 0.5) is 4.79 Å². The summed E-state index contributed by atoms with van der Waals surface area (Å²) in [4.78, 5) is 14.1. The Morgan fingerprint density at radius 3 is 2.58 bits per heavy atom. The molecule has 2 heterocycles. The number of halogens is 2. The van der Waals surface area contributed by atoms with E-state index in [2.05, 4.69) is 5.16 Å². The molecule has 4 rings (SSSR count). The maximum atomic E-state index is 12.3. The number of aliphatic hydroxyl groups is 1. The van der Waals surface area contributed by atoms with Gasteiger partial charge in [-0.15, -0.1) is 0 Å². The van der Waals surface area contributed by atoms with E-state index in [9.17, 15) is 9.90 Å². The summed E-state index contributed by atoms with van der Waals surface area (Å²) in [5, 5.41) is 16.2. The molecule has 1 fully saturated rings. The second-order valence-corrected chi connectivity index (χ2v) is 11.0. The van der Waals surface area contributed by atoms with Crippen LogP contribution >= 0.6 is 23.2 Å². The van der Waals surface area contributed by atoms with Crippen LogP contribution in [0.2, 0.25) is 10.0 Å². The van der Waals surface area contributed by atoms with Crippen LogP contribution in [0.3, 0.4) is 0 Å². The van der Waals surface area contributed by atoms with E-state index in [1.807, 2.05) is 39.0 Å². The summed E-state index contributed by atoms with van der Waals surface area (Å²) < 4.78 is 17.1. The predicted octanol–water partition coefficient (Wildman–Crippen LogP) is 6.79. The molecule has 0 atom stereocenters. The third-order valence-electron chi connectivity index (χ3n) is 6.37. The number of hydrogen-bond acceptors (Lipinski definition) is 6. The maximum Gasteiger partial charge on any atom is 0.410 e. The molecule has 1 saturated heterocycles. The summed E-state index contributed by atoms with van der Waals surface area (Å²) >= 11 is 12.1. The number of carbonyl (C=O) groups is 1. The van der Waals surface area contributed by atoms with Crippen molar-refractivity contribution < 1.29 is 23.9 Å². The normalized spacial score (nSPS) is 14.9. The fourth-order valence-corrected chi connectivity index (χ4v) is 4.74. The number of hydrogen-bond donors (Lipinski definition) is 1. The second-order valence-electron chi connectivity index (χ2n) is 10.2. The van der Waals surface area contributed by atoms with Gasteiger partial charge in [0.05, 0.1) is 27.9 Å². The first-order valence-electron chi connectivity index (χ1n) is 12.2. The van der Waals surface area contributed by atoms with E-state index in [0.29, 0.717) is 45.9 Å². The Balaban J connectivity index is 1.36. The third-order valence-corrected chi connectivity index (χ3v) is 7.11. The Labute approximate surface area is 221 Å². The highest BCUT2D eigenvalue weighted by atomic mass is 35.5. The van der Waals surface area contributed by atoms with E-state index >= 15 is 0 Å². The van der Waals surface area contributed by atoms with Crippen LogP contribution in [0.15, 0.2) is 34.9 Å². The standard InChI is InChI=1S/C27H32Cl2N2O5/c1-27(2,3)35-26(33)31-12-10-17(11-13-31)5-8-23-19-6-9-24(20(15-32)25(19)36-30-23)34-16-18-4-7-21(28)22(29)14-18/h4,6-7,9,14,17,32H,5,8,10-13,15-16H2,1-3H3. The Morgan fingerprint density at radius 1 is 1.17 bits per heavy atom. The average molecular weight is 535 g/mol. The zero-order valence-electron chi connectivity index (χ0n) is 20.9. The zero-order valence-corrected chi connectivity index (χ0v) is 22.4. The van der Waals surface area contributed by atoms with E-state index in [1.165, 1.54) is 0 Å². The van der Waals surface area contributed by atoms with E-state index < -0.39 is 5.60 Å². The van der Waals surface area contributed by atoms with Gasteiger partial charge in [0.15, 0.2) is 5.58 Å². The van der Waals surface area contributed by atoms with Gasteiger partial charge in [-0.05, 0) is 82.2 Å². The minimum Gasteiger partial charge on any atom is -0.488 e. The van der Waals surface area contributed by atoms with Crippen molar-refractivity contribution >= 4 is 40.3 Å². The fourth-order valence-electron chi connectivity index (χ4n) is 4.42. The number of ether oxygens (including phenoxy) is 2. The lowest BCUT2D eigenvalue weighted by molar-refractivity contribution is 0.0181. The highest BCUT2D eigenvalue weighted by Crippen LogP contribution is 2.33. The third kappa shape index (κ3) is 6.44. The summed E-state index contributed by atoms with van der Waals surface area (Å²) in [6, 6.07) is 9.09. The fraction of sp³-hybridized carbons (Fsp3) is 0.481. The number of benzene rings is 2. The first-order chi connectivity index (χ1) is 17.1. The molecule has 1 aromatic heterocycles. The molecule has 194 valence electrons. The minimum atomic E-state index is -0.482. The van der Waals surface area contributed by atoms with Gasteiger partial charge in [0.2, 0.25) is 0 Å². The van der Waals surface area contributed by atoms with Crippen molar-refractivity contribution in [2.45, 2.75) is 65.3 Å². The number of likely N-dealkylation sites (tertiary alicyclic amines) is 1. The van der Waals surface area contributed by atoms with Crippen LogP contribution < -0.4 is 4.74 Å². The molecule has 0 spiro atoms. The molecule has 1 amide bonds. The van der Waals surface area contributed by atoms with Crippen LogP contribution in [0, 0.1) is 5.92 Å². The monoisotopic (exact) mass is 534 g/mol. The zero-order chi connectivity index (χ0) is 25.9. The van der Waals surface area contributed by atoms with Crippen molar-refractivity contribution in [1.82, 2.24) is 10.1 Å². The second kappa shape index (κ2) is 11.3.